The first-order valence-electron chi connectivity index (χ1n) is 7.90. The van der Waals surface area contributed by atoms with Crippen molar-refractivity contribution in [2.45, 2.75) is 31.3 Å². The summed E-state index contributed by atoms with van der Waals surface area (Å²) < 4.78 is 1.03. The molecule has 1 saturated carbocycles. The van der Waals surface area contributed by atoms with Crippen LogP contribution in [-0.4, -0.2) is 5.91 Å². The molecule has 2 unspecified atom stereocenters. The molecule has 2 aromatic carbocycles. The highest BCUT2D eigenvalue weighted by Crippen LogP contribution is 2.46. The van der Waals surface area contributed by atoms with Gasteiger partial charge in [0.1, 0.15) is 0 Å². The van der Waals surface area contributed by atoms with Crippen LogP contribution in [0.2, 0.25) is 0 Å². The fraction of sp³-hybridized carbons (Fsp3) is 0.316. The molecule has 0 saturated heterocycles. The molecule has 0 bridgehead atoms. The van der Waals surface area contributed by atoms with Crippen molar-refractivity contribution < 1.29 is 4.79 Å². The maximum Gasteiger partial charge on any atom is 0.225 e. The van der Waals surface area contributed by atoms with Crippen LogP contribution in [-0.2, 0) is 10.3 Å². The van der Waals surface area contributed by atoms with E-state index in [1.165, 1.54) is 0 Å². The van der Waals surface area contributed by atoms with Crippen molar-refractivity contribution in [3.05, 3.63) is 70.2 Å². The Kier molecular flexibility index (Phi) is 4.55. The van der Waals surface area contributed by atoms with Gasteiger partial charge in [-0.05, 0) is 36.1 Å². The summed E-state index contributed by atoms with van der Waals surface area (Å²) in [5.41, 5.74) is 8.20. The highest BCUT2D eigenvalue weighted by molar-refractivity contribution is 9.10. The highest BCUT2D eigenvalue weighted by atomic mass is 79.9. The summed E-state index contributed by atoms with van der Waals surface area (Å²) >= 11 is 3.50. The first-order chi connectivity index (χ1) is 11.0. The summed E-state index contributed by atoms with van der Waals surface area (Å²) in [6.07, 6.45) is 1.95. The maximum atomic E-state index is 12.7. The van der Waals surface area contributed by atoms with Crippen molar-refractivity contribution in [3.8, 4) is 0 Å². The molecular formula is C19H21BrN2O. The molecule has 2 aromatic rings. The number of halogens is 1. The molecular weight excluding hydrogens is 352 g/mol. The molecule has 2 atom stereocenters. The van der Waals surface area contributed by atoms with E-state index in [0.29, 0.717) is 0 Å². The van der Waals surface area contributed by atoms with E-state index in [9.17, 15) is 4.79 Å². The van der Waals surface area contributed by atoms with Crippen molar-refractivity contribution in [1.82, 2.24) is 5.32 Å². The third-order valence-electron chi connectivity index (χ3n) is 4.63. The molecule has 1 aliphatic carbocycles. The van der Waals surface area contributed by atoms with E-state index in [0.717, 1.165) is 28.4 Å². The molecule has 0 aromatic heterocycles. The predicted octanol–water partition coefficient (Wildman–Crippen LogP) is 3.89. The van der Waals surface area contributed by atoms with Crippen LogP contribution in [0.25, 0.3) is 0 Å². The van der Waals surface area contributed by atoms with Crippen LogP contribution in [0.4, 0.5) is 0 Å². The smallest absolute Gasteiger partial charge is 0.225 e. The van der Waals surface area contributed by atoms with E-state index in [1.807, 2.05) is 49.4 Å². The number of benzene rings is 2. The van der Waals surface area contributed by atoms with Gasteiger partial charge >= 0.3 is 0 Å². The van der Waals surface area contributed by atoms with Gasteiger partial charge < -0.3 is 11.1 Å². The Balaban J connectivity index is 1.71. The van der Waals surface area contributed by atoms with Gasteiger partial charge in [-0.25, -0.2) is 0 Å². The van der Waals surface area contributed by atoms with Crippen LogP contribution in [0.3, 0.4) is 0 Å². The van der Waals surface area contributed by atoms with Gasteiger partial charge in [0.25, 0.3) is 0 Å². The van der Waals surface area contributed by atoms with Gasteiger partial charge in [-0.1, -0.05) is 65.3 Å². The van der Waals surface area contributed by atoms with Gasteiger partial charge in [0.05, 0.1) is 11.5 Å². The van der Waals surface area contributed by atoms with Crippen LogP contribution in [0.15, 0.2) is 59.1 Å². The largest absolute Gasteiger partial charge is 0.346 e. The fourth-order valence-corrected chi connectivity index (χ4v) is 3.27. The van der Waals surface area contributed by atoms with Gasteiger partial charge in [-0.15, -0.1) is 0 Å². The molecule has 3 rings (SSSR count). The van der Waals surface area contributed by atoms with Crippen LogP contribution in [0, 0.1) is 5.92 Å². The Morgan fingerprint density at radius 1 is 1.17 bits per heavy atom. The minimum absolute atomic E-state index is 0.0128. The lowest BCUT2D eigenvalue weighted by atomic mass is 9.93. The van der Waals surface area contributed by atoms with Crippen molar-refractivity contribution in [1.29, 1.82) is 0 Å². The molecule has 0 spiro atoms. The Hall–Kier alpha value is -1.65. The van der Waals surface area contributed by atoms with Gasteiger partial charge in [0, 0.05) is 10.5 Å². The molecule has 4 heteroatoms. The lowest BCUT2D eigenvalue weighted by molar-refractivity contribution is -0.126. The fourth-order valence-electron chi connectivity index (χ4n) is 2.87. The summed E-state index contributed by atoms with van der Waals surface area (Å²) in [5, 5.41) is 3.22. The number of amides is 1. The van der Waals surface area contributed by atoms with Crippen molar-refractivity contribution in [2.75, 3.05) is 0 Å². The molecule has 1 fully saturated rings. The van der Waals surface area contributed by atoms with Crippen molar-refractivity contribution in [2.24, 2.45) is 11.7 Å². The average molecular weight is 373 g/mol. The third-order valence-corrected chi connectivity index (χ3v) is 5.12. The van der Waals surface area contributed by atoms with E-state index in [1.54, 1.807) is 0 Å². The minimum atomic E-state index is -0.297. The average Bonchev–Trinajstić information content (AvgIpc) is 3.35. The molecule has 3 N–H and O–H groups in total. The quantitative estimate of drug-likeness (QED) is 0.836. The van der Waals surface area contributed by atoms with Gasteiger partial charge in [0.2, 0.25) is 5.91 Å². The molecule has 1 amide bonds. The summed E-state index contributed by atoms with van der Waals surface area (Å²) in [4.78, 5) is 12.7. The molecule has 0 radical (unpaired) electrons. The molecule has 3 nitrogen and oxygen atoms in total. The molecule has 0 heterocycles. The minimum Gasteiger partial charge on any atom is -0.346 e. The van der Waals surface area contributed by atoms with Crippen molar-refractivity contribution >= 4 is 21.8 Å². The maximum absolute atomic E-state index is 12.7. The molecule has 0 aliphatic heterocycles. The topological polar surface area (TPSA) is 55.1 Å². The van der Waals surface area contributed by atoms with E-state index >= 15 is 0 Å². The van der Waals surface area contributed by atoms with Crippen molar-refractivity contribution in [3.63, 3.8) is 0 Å². The van der Waals surface area contributed by atoms with E-state index in [4.69, 9.17) is 5.73 Å². The lowest BCUT2D eigenvalue weighted by Gasteiger charge is -2.24. The molecule has 1 aliphatic rings. The van der Waals surface area contributed by atoms with Crippen LogP contribution >= 0.6 is 15.9 Å². The third kappa shape index (κ3) is 3.48. The zero-order chi connectivity index (χ0) is 16.4. The number of hydrogen-bond acceptors (Lipinski definition) is 2. The van der Waals surface area contributed by atoms with Gasteiger partial charge in [-0.3, -0.25) is 4.79 Å². The van der Waals surface area contributed by atoms with Crippen LogP contribution in [0.1, 0.15) is 36.9 Å². The number of nitrogens with two attached hydrogens (primary N) is 1. The number of rotatable bonds is 5. The Labute approximate surface area is 145 Å². The second-order valence-corrected chi connectivity index (χ2v) is 7.22. The zero-order valence-corrected chi connectivity index (χ0v) is 14.7. The van der Waals surface area contributed by atoms with Crippen LogP contribution in [0.5, 0.6) is 0 Å². The van der Waals surface area contributed by atoms with Gasteiger partial charge in [0.15, 0.2) is 0 Å². The highest BCUT2D eigenvalue weighted by Gasteiger charge is 2.46. The number of nitrogens with one attached hydrogen (secondary N) is 1. The second-order valence-electron chi connectivity index (χ2n) is 6.31. The summed E-state index contributed by atoms with van der Waals surface area (Å²) in [6.45, 7) is 1.89. The summed E-state index contributed by atoms with van der Waals surface area (Å²) in [5.74, 6) is -0.263. The first-order valence-corrected chi connectivity index (χ1v) is 8.70. The number of hydrogen-bond donors (Lipinski definition) is 2. The zero-order valence-electron chi connectivity index (χ0n) is 13.1. The molecule has 120 valence electrons. The number of carbonyl (C=O) groups excluding carboxylic acids is 1. The summed E-state index contributed by atoms with van der Waals surface area (Å²) in [7, 11) is 0. The second kappa shape index (κ2) is 6.46. The Morgan fingerprint density at radius 2 is 1.87 bits per heavy atom. The predicted molar refractivity (Wildman–Crippen MR) is 95.7 cm³/mol. The normalized spacial score (nSPS) is 18.0. The summed E-state index contributed by atoms with van der Waals surface area (Å²) in [6, 6.07) is 17.6. The first kappa shape index (κ1) is 16.2. The molecule has 23 heavy (non-hydrogen) atoms. The lowest BCUT2D eigenvalue weighted by Crippen LogP contribution is -2.41. The Bertz CT molecular complexity index is 698. The monoisotopic (exact) mass is 372 g/mol. The standard InChI is InChI=1S/C19H21BrN2O/c1-13(17(21)14-6-3-2-4-7-14)18(23)22-19(10-11-19)15-8-5-9-16(20)12-15/h2-9,12-13,17H,10-11,21H2,1H3,(H,22,23). The van der Waals surface area contributed by atoms with Gasteiger partial charge in [-0.2, -0.15) is 0 Å². The SMILES string of the molecule is CC(C(=O)NC1(c2cccc(Br)c2)CC1)C(N)c1ccccc1. The van der Waals surface area contributed by atoms with Crippen LogP contribution < -0.4 is 11.1 Å². The number of carbonyl (C=O) groups is 1. The van der Waals surface area contributed by atoms with E-state index < -0.39 is 0 Å². The van der Waals surface area contributed by atoms with E-state index in [2.05, 4.69) is 33.4 Å². The van der Waals surface area contributed by atoms with E-state index in [-0.39, 0.29) is 23.4 Å². The Morgan fingerprint density at radius 3 is 2.48 bits per heavy atom.